The van der Waals surface area contributed by atoms with E-state index >= 15 is 0 Å². The second kappa shape index (κ2) is 9.28. The van der Waals surface area contributed by atoms with Crippen LogP contribution in [0.4, 0.5) is 0 Å². The van der Waals surface area contributed by atoms with Gasteiger partial charge >= 0.3 is 0 Å². The molecule has 8 aromatic rings. The van der Waals surface area contributed by atoms with Crippen LogP contribution in [-0.4, -0.2) is 24.1 Å². The summed E-state index contributed by atoms with van der Waals surface area (Å²) in [6, 6.07) is 32.9. The van der Waals surface area contributed by atoms with Gasteiger partial charge in [0.05, 0.1) is 22.4 Å². The first kappa shape index (κ1) is 24.3. The van der Waals surface area contributed by atoms with E-state index in [4.69, 9.17) is 19.8 Å². The predicted molar refractivity (Wildman–Crippen MR) is 169 cm³/mol. The standard InChI is InChI=1S/C36H27N5O/c1-22-18-23(2)34(24(3)19-22)32-15-17-40(39-32)25-8-6-9-26(20-25)42-27-13-14-28-29-10-7-16-37-35(29)41-33-12-5-4-11-31(33)38-36(41)30(28)21-27/h4-21H,1-3H3. The zero-order chi connectivity index (χ0) is 28.4. The highest BCUT2D eigenvalue weighted by molar-refractivity contribution is 6.13. The quantitative estimate of drug-likeness (QED) is 0.207. The van der Waals surface area contributed by atoms with E-state index in [1.54, 1.807) is 0 Å². The van der Waals surface area contributed by atoms with Gasteiger partial charge in [-0.1, -0.05) is 35.9 Å². The maximum Gasteiger partial charge on any atom is 0.147 e. The van der Waals surface area contributed by atoms with Gasteiger partial charge < -0.3 is 4.74 Å². The number of aromatic nitrogens is 5. The van der Waals surface area contributed by atoms with E-state index in [2.05, 4.69) is 67.6 Å². The highest BCUT2D eigenvalue weighted by atomic mass is 16.5. The normalized spacial score (nSPS) is 11.7. The van der Waals surface area contributed by atoms with Gasteiger partial charge in [-0.2, -0.15) is 5.10 Å². The number of hydrogen-bond acceptors (Lipinski definition) is 4. The van der Waals surface area contributed by atoms with E-state index in [-0.39, 0.29) is 0 Å². The molecule has 4 heterocycles. The average molecular weight is 546 g/mol. The number of imidazole rings is 1. The molecule has 0 bridgehead atoms. The van der Waals surface area contributed by atoms with Crippen molar-refractivity contribution in [3.05, 3.63) is 126 Å². The van der Waals surface area contributed by atoms with Crippen LogP contribution in [-0.2, 0) is 0 Å². The fraction of sp³-hybridized carbons (Fsp3) is 0.0833. The lowest BCUT2D eigenvalue weighted by atomic mass is 9.98. The van der Waals surface area contributed by atoms with Crippen molar-refractivity contribution < 1.29 is 4.74 Å². The molecule has 0 fully saturated rings. The van der Waals surface area contributed by atoms with Crippen molar-refractivity contribution in [2.24, 2.45) is 0 Å². The van der Waals surface area contributed by atoms with Crippen LogP contribution in [0.5, 0.6) is 11.5 Å². The van der Waals surface area contributed by atoms with Crippen LogP contribution < -0.4 is 4.74 Å². The van der Waals surface area contributed by atoms with Crippen LogP contribution in [0.3, 0.4) is 0 Å². The molecule has 6 heteroatoms. The van der Waals surface area contributed by atoms with Crippen molar-refractivity contribution >= 4 is 38.5 Å². The molecule has 0 aliphatic rings. The first-order valence-corrected chi connectivity index (χ1v) is 14.0. The zero-order valence-electron chi connectivity index (χ0n) is 23.5. The summed E-state index contributed by atoms with van der Waals surface area (Å²) in [6.07, 6.45) is 3.83. The third kappa shape index (κ3) is 3.84. The van der Waals surface area contributed by atoms with Crippen molar-refractivity contribution in [3.63, 3.8) is 0 Å². The minimum atomic E-state index is 0.735. The van der Waals surface area contributed by atoms with Gasteiger partial charge in [-0.05, 0) is 97.9 Å². The molecule has 4 aromatic heterocycles. The molecule has 0 N–H and O–H groups in total. The smallest absolute Gasteiger partial charge is 0.147 e. The van der Waals surface area contributed by atoms with Gasteiger partial charge in [-0.25, -0.2) is 14.6 Å². The van der Waals surface area contributed by atoms with Crippen molar-refractivity contribution in [1.29, 1.82) is 0 Å². The molecule has 0 spiro atoms. The average Bonchev–Trinajstić information content (AvgIpc) is 3.63. The summed E-state index contributed by atoms with van der Waals surface area (Å²) in [6.45, 7) is 6.42. The van der Waals surface area contributed by atoms with Crippen molar-refractivity contribution in [2.75, 3.05) is 0 Å². The molecule has 0 saturated carbocycles. The number of pyridine rings is 2. The summed E-state index contributed by atoms with van der Waals surface area (Å²) < 4.78 is 10.5. The van der Waals surface area contributed by atoms with Crippen LogP contribution >= 0.6 is 0 Å². The zero-order valence-corrected chi connectivity index (χ0v) is 23.5. The molecule has 0 saturated heterocycles. The summed E-state index contributed by atoms with van der Waals surface area (Å²) in [7, 11) is 0. The van der Waals surface area contributed by atoms with Crippen LogP contribution in [0.15, 0.2) is 109 Å². The van der Waals surface area contributed by atoms with E-state index in [9.17, 15) is 0 Å². The number of nitrogens with zero attached hydrogens (tertiary/aromatic N) is 5. The molecule has 0 unspecified atom stereocenters. The van der Waals surface area contributed by atoms with Crippen LogP contribution in [0.25, 0.3) is 55.4 Å². The van der Waals surface area contributed by atoms with E-state index in [1.165, 1.54) is 22.3 Å². The highest BCUT2D eigenvalue weighted by Gasteiger charge is 2.15. The number of para-hydroxylation sites is 2. The third-order valence-electron chi connectivity index (χ3n) is 7.92. The summed E-state index contributed by atoms with van der Waals surface area (Å²) in [5, 5.41) is 8.10. The summed E-state index contributed by atoms with van der Waals surface area (Å²) in [4.78, 5) is 9.72. The van der Waals surface area contributed by atoms with Gasteiger partial charge in [0.2, 0.25) is 0 Å². The number of rotatable bonds is 4. The molecule has 0 amide bonds. The van der Waals surface area contributed by atoms with Crippen molar-refractivity contribution in [2.45, 2.75) is 20.8 Å². The van der Waals surface area contributed by atoms with Gasteiger partial charge in [-0.15, -0.1) is 0 Å². The lowest BCUT2D eigenvalue weighted by molar-refractivity contribution is 0.483. The maximum absolute atomic E-state index is 6.43. The molecule has 0 atom stereocenters. The summed E-state index contributed by atoms with van der Waals surface area (Å²) in [5.74, 6) is 1.47. The number of aryl methyl sites for hydroxylation is 3. The van der Waals surface area contributed by atoms with E-state index in [0.717, 1.165) is 61.4 Å². The Kier molecular flexibility index (Phi) is 5.37. The number of ether oxygens (including phenoxy) is 1. The molecule has 0 radical (unpaired) electrons. The highest BCUT2D eigenvalue weighted by Crippen LogP contribution is 2.35. The van der Waals surface area contributed by atoms with E-state index < -0.39 is 0 Å². The Morgan fingerprint density at radius 2 is 1.50 bits per heavy atom. The monoisotopic (exact) mass is 545 g/mol. The first-order valence-electron chi connectivity index (χ1n) is 14.0. The maximum atomic E-state index is 6.43. The fourth-order valence-corrected chi connectivity index (χ4v) is 6.22. The van der Waals surface area contributed by atoms with Gasteiger partial charge in [0.1, 0.15) is 22.8 Å². The Hall–Kier alpha value is -5.49. The second-order valence-corrected chi connectivity index (χ2v) is 10.9. The van der Waals surface area contributed by atoms with Crippen LogP contribution in [0, 0.1) is 20.8 Å². The fourth-order valence-electron chi connectivity index (χ4n) is 6.22. The SMILES string of the molecule is Cc1cc(C)c(-c2ccn(-c3cccc(Oc4ccc5c6cccnc6n6c7ccccc7nc6c5c4)c3)n2)c(C)c1. The molecule has 0 aliphatic carbocycles. The number of hydrogen-bond donors (Lipinski definition) is 0. The number of benzene rings is 4. The number of fused-ring (bicyclic) bond motifs is 8. The summed E-state index contributed by atoms with van der Waals surface area (Å²) >= 11 is 0. The van der Waals surface area contributed by atoms with Crippen LogP contribution in [0.1, 0.15) is 16.7 Å². The topological polar surface area (TPSA) is 57.2 Å². The predicted octanol–water partition coefficient (Wildman–Crippen LogP) is 8.76. The minimum absolute atomic E-state index is 0.735. The largest absolute Gasteiger partial charge is 0.457 e. The van der Waals surface area contributed by atoms with Gasteiger partial charge in [0.15, 0.2) is 0 Å². The lowest BCUT2D eigenvalue weighted by Gasteiger charge is -2.11. The Labute approximate surface area is 242 Å². The Balaban J connectivity index is 1.19. The van der Waals surface area contributed by atoms with Crippen LogP contribution in [0.2, 0.25) is 0 Å². The molecular weight excluding hydrogens is 518 g/mol. The molecule has 0 aliphatic heterocycles. The van der Waals surface area contributed by atoms with Gasteiger partial charge in [-0.3, -0.25) is 4.40 Å². The van der Waals surface area contributed by atoms with E-state index in [0.29, 0.717) is 0 Å². The second-order valence-electron chi connectivity index (χ2n) is 10.9. The van der Waals surface area contributed by atoms with Crippen molar-refractivity contribution in [1.82, 2.24) is 24.1 Å². The molecule has 6 nitrogen and oxygen atoms in total. The van der Waals surface area contributed by atoms with Crippen molar-refractivity contribution in [3.8, 4) is 28.4 Å². The molecule has 4 aromatic carbocycles. The lowest BCUT2D eigenvalue weighted by Crippen LogP contribution is -1.97. The Morgan fingerprint density at radius 3 is 2.38 bits per heavy atom. The molecule has 202 valence electrons. The minimum Gasteiger partial charge on any atom is -0.457 e. The first-order chi connectivity index (χ1) is 20.5. The van der Waals surface area contributed by atoms with E-state index in [1.807, 2.05) is 71.7 Å². The molecule has 8 rings (SSSR count). The van der Waals surface area contributed by atoms with Gasteiger partial charge in [0, 0.05) is 34.8 Å². The third-order valence-corrected chi connectivity index (χ3v) is 7.92. The summed E-state index contributed by atoms with van der Waals surface area (Å²) in [5.41, 5.74) is 10.5. The Bertz CT molecular complexity index is 2310. The van der Waals surface area contributed by atoms with Gasteiger partial charge in [0.25, 0.3) is 0 Å². The molecule has 42 heavy (non-hydrogen) atoms. The molecular formula is C36H27N5O. The Morgan fingerprint density at radius 1 is 0.667 bits per heavy atom.